The summed E-state index contributed by atoms with van der Waals surface area (Å²) >= 11 is 0. The van der Waals surface area contributed by atoms with Gasteiger partial charge >= 0.3 is 0 Å². The zero-order valence-electron chi connectivity index (χ0n) is 14.3. The Kier molecular flexibility index (Phi) is 4.40. The van der Waals surface area contributed by atoms with Gasteiger partial charge in [-0.15, -0.1) is 0 Å². The van der Waals surface area contributed by atoms with Gasteiger partial charge in [0.2, 0.25) is 0 Å². The van der Waals surface area contributed by atoms with Crippen LogP contribution in [0.4, 0.5) is 0 Å². The number of nitrogens with one attached hydrogen (secondary N) is 1. The standard InChI is InChI=1S/C18H22N4O3/c1-12-19-17(21-20-12)16-11-22(9-10-24-16)18(23)14-7-2-3-8-15(14)25-13-5-4-6-13/h2-3,7-8,13,16H,4-6,9-11H2,1H3,(H,19,20,21). The molecule has 1 aliphatic heterocycles. The molecule has 1 aromatic heterocycles. The molecule has 0 spiro atoms. The second-order valence-electron chi connectivity index (χ2n) is 6.56. The predicted molar refractivity (Wildman–Crippen MR) is 90.4 cm³/mol. The van der Waals surface area contributed by atoms with Crippen LogP contribution < -0.4 is 4.74 Å². The van der Waals surface area contributed by atoms with E-state index in [1.54, 1.807) is 4.90 Å². The first kappa shape index (κ1) is 16.1. The number of amides is 1. The van der Waals surface area contributed by atoms with Crippen LogP contribution in [-0.2, 0) is 4.74 Å². The Morgan fingerprint density at radius 1 is 1.36 bits per heavy atom. The third-order valence-electron chi connectivity index (χ3n) is 4.72. The highest BCUT2D eigenvalue weighted by Crippen LogP contribution is 2.29. The quantitative estimate of drug-likeness (QED) is 0.922. The number of hydrogen-bond acceptors (Lipinski definition) is 5. The molecular weight excluding hydrogens is 320 g/mol. The maximum Gasteiger partial charge on any atom is 0.257 e. The summed E-state index contributed by atoms with van der Waals surface area (Å²) in [6.07, 6.45) is 3.26. The van der Waals surface area contributed by atoms with Gasteiger partial charge in [-0.05, 0) is 38.3 Å². The second-order valence-corrected chi connectivity index (χ2v) is 6.56. The van der Waals surface area contributed by atoms with E-state index in [1.807, 2.05) is 31.2 Å². The first-order chi connectivity index (χ1) is 12.2. The molecule has 1 amide bonds. The lowest BCUT2D eigenvalue weighted by molar-refractivity contribution is -0.0268. The molecule has 2 fully saturated rings. The largest absolute Gasteiger partial charge is 0.490 e. The number of para-hydroxylation sites is 1. The van der Waals surface area contributed by atoms with Crippen LogP contribution in [0.1, 0.15) is 47.4 Å². The van der Waals surface area contributed by atoms with Gasteiger partial charge in [0.25, 0.3) is 5.91 Å². The summed E-state index contributed by atoms with van der Waals surface area (Å²) in [4.78, 5) is 19.1. The lowest BCUT2D eigenvalue weighted by Crippen LogP contribution is -2.42. The van der Waals surface area contributed by atoms with Gasteiger partial charge < -0.3 is 14.4 Å². The lowest BCUT2D eigenvalue weighted by atomic mass is 9.96. The van der Waals surface area contributed by atoms with Gasteiger partial charge in [-0.2, -0.15) is 5.10 Å². The van der Waals surface area contributed by atoms with Gasteiger partial charge in [0.05, 0.1) is 24.8 Å². The Balaban J connectivity index is 1.50. The number of aromatic nitrogens is 3. The van der Waals surface area contributed by atoms with Crippen molar-refractivity contribution >= 4 is 5.91 Å². The van der Waals surface area contributed by atoms with E-state index in [1.165, 1.54) is 6.42 Å². The van der Waals surface area contributed by atoms with Crippen LogP contribution in [0.15, 0.2) is 24.3 Å². The van der Waals surface area contributed by atoms with E-state index in [2.05, 4.69) is 15.2 Å². The van der Waals surface area contributed by atoms with Crippen molar-refractivity contribution in [3.63, 3.8) is 0 Å². The first-order valence-corrected chi connectivity index (χ1v) is 8.76. The van der Waals surface area contributed by atoms with Gasteiger partial charge in [0, 0.05) is 6.54 Å². The second kappa shape index (κ2) is 6.84. The van der Waals surface area contributed by atoms with E-state index in [9.17, 15) is 4.79 Å². The van der Waals surface area contributed by atoms with Gasteiger partial charge in [0.15, 0.2) is 5.82 Å². The maximum atomic E-state index is 13.0. The minimum Gasteiger partial charge on any atom is -0.490 e. The van der Waals surface area contributed by atoms with Crippen molar-refractivity contribution < 1.29 is 14.3 Å². The number of carbonyl (C=O) groups excluding carboxylic acids is 1. The lowest BCUT2D eigenvalue weighted by Gasteiger charge is -2.33. The zero-order valence-corrected chi connectivity index (χ0v) is 14.3. The number of nitrogens with zero attached hydrogens (tertiary/aromatic N) is 3. The molecule has 1 unspecified atom stereocenters. The van der Waals surface area contributed by atoms with Crippen molar-refractivity contribution in [2.45, 2.75) is 38.4 Å². The third kappa shape index (κ3) is 3.37. The molecule has 2 heterocycles. The first-order valence-electron chi connectivity index (χ1n) is 8.76. The highest BCUT2D eigenvalue weighted by molar-refractivity contribution is 5.97. The molecule has 1 saturated heterocycles. The van der Waals surface area contributed by atoms with E-state index in [4.69, 9.17) is 9.47 Å². The highest BCUT2D eigenvalue weighted by Gasteiger charge is 2.30. The molecule has 0 bridgehead atoms. The Morgan fingerprint density at radius 2 is 2.20 bits per heavy atom. The molecule has 1 aromatic carbocycles. The molecule has 1 aliphatic carbocycles. The van der Waals surface area contributed by atoms with E-state index in [0.717, 1.165) is 18.7 Å². The number of benzene rings is 1. The molecular formula is C18H22N4O3. The Bertz CT molecular complexity index is 756. The molecule has 2 aliphatic rings. The SMILES string of the molecule is Cc1nc(C2CN(C(=O)c3ccccc3OC3CCC3)CCO2)n[nH]1. The minimum absolute atomic E-state index is 0.0320. The normalized spacial score (nSPS) is 21.0. The maximum absolute atomic E-state index is 13.0. The van der Waals surface area contributed by atoms with Gasteiger partial charge in [-0.1, -0.05) is 12.1 Å². The molecule has 1 saturated carbocycles. The number of rotatable bonds is 4. The molecule has 0 radical (unpaired) electrons. The fourth-order valence-corrected chi connectivity index (χ4v) is 3.08. The topological polar surface area (TPSA) is 80.3 Å². The van der Waals surface area contributed by atoms with Crippen LogP contribution in [-0.4, -0.2) is 51.8 Å². The monoisotopic (exact) mass is 342 g/mol. The Hall–Kier alpha value is -2.41. The summed E-state index contributed by atoms with van der Waals surface area (Å²) in [6, 6.07) is 7.49. The summed E-state index contributed by atoms with van der Waals surface area (Å²) in [5, 5.41) is 6.98. The summed E-state index contributed by atoms with van der Waals surface area (Å²) in [5.41, 5.74) is 0.612. The van der Waals surface area contributed by atoms with Crippen LogP contribution in [0.25, 0.3) is 0 Å². The number of aryl methyl sites for hydroxylation is 1. The fourth-order valence-electron chi connectivity index (χ4n) is 3.08. The Labute approximate surface area is 146 Å². The average molecular weight is 342 g/mol. The van der Waals surface area contributed by atoms with E-state index >= 15 is 0 Å². The molecule has 132 valence electrons. The molecule has 4 rings (SSSR count). The number of H-pyrrole nitrogens is 1. The predicted octanol–water partition coefficient (Wildman–Crippen LogP) is 2.26. The van der Waals surface area contributed by atoms with Crippen LogP contribution in [0.5, 0.6) is 5.75 Å². The number of aromatic amines is 1. The average Bonchev–Trinajstić information content (AvgIpc) is 3.04. The fraction of sp³-hybridized carbons (Fsp3) is 0.500. The van der Waals surface area contributed by atoms with Gasteiger partial charge in [0.1, 0.15) is 17.7 Å². The van der Waals surface area contributed by atoms with Gasteiger partial charge in [-0.3, -0.25) is 9.89 Å². The number of carbonyl (C=O) groups is 1. The molecule has 7 heteroatoms. The van der Waals surface area contributed by atoms with E-state index in [-0.39, 0.29) is 18.1 Å². The number of morpholine rings is 1. The molecule has 25 heavy (non-hydrogen) atoms. The van der Waals surface area contributed by atoms with Crippen LogP contribution in [0.3, 0.4) is 0 Å². The number of hydrogen-bond donors (Lipinski definition) is 1. The highest BCUT2D eigenvalue weighted by atomic mass is 16.5. The van der Waals surface area contributed by atoms with Crippen LogP contribution in [0, 0.1) is 6.92 Å². The van der Waals surface area contributed by atoms with E-state index in [0.29, 0.717) is 36.8 Å². The molecule has 2 aromatic rings. The van der Waals surface area contributed by atoms with Crippen molar-refractivity contribution in [1.29, 1.82) is 0 Å². The molecule has 7 nitrogen and oxygen atoms in total. The smallest absolute Gasteiger partial charge is 0.257 e. The Morgan fingerprint density at radius 3 is 2.92 bits per heavy atom. The van der Waals surface area contributed by atoms with Crippen LogP contribution in [0.2, 0.25) is 0 Å². The van der Waals surface area contributed by atoms with Crippen LogP contribution >= 0.6 is 0 Å². The summed E-state index contributed by atoms with van der Waals surface area (Å²) in [5.74, 6) is 1.97. The minimum atomic E-state index is -0.303. The summed E-state index contributed by atoms with van der Waals surface area (Å²) in [7, 11) is 0. The van der Waals surface area contributed by atoms with Gasteiger partial charge in [-0.25, -0.2) is 4.98 Å². The number of ether oxygens (including phenoxy) is 2. The van der Waals surface area contributed by atoms with Crippen molar-refractivity contribution in [3.05, 3.63) is 41.5 Å². The van der Waals surface area contributed by atoms with Crippen molar-refractivity contribution in [1.82, 2.24) is 20.1 Å². The summed E-state index contributed by atoms with van der Waals surface area (Å²) < 4.78 is 11.7. The summed E-state index contributed by atoms with van der Waals surface area (Å²) in [6.45, 7) is 3.30. The molecule has 1 atom stereocenters. The van der Waals surface area contributed by atoms with Crippen molar-refractivity contribution in [2.75, 3.05) is 19.7 Å². The third-order valence-corrected chi connectivity index (χ3v) is 4.72. The molecule has 1 N–H and O–H groups in total. The van der Waals surface area contributed by atoms with Crippen molar-refractivity contribution in [2.24, 2.45) is 0 Å². The zero-order chi connectivity index (χ0) is 17.2. The van der Waals surface area contributed by atoms with Crippen molar-refractivity contribution in [3.8, 4) is 5.75 Å². The van der Waals surface area contributed by atoms with E-state index < -0.39 is 0 Å².